The molecular weight excluding hydrogens is 464 g/mol. The van der Waals surface area contributed by atoms with Gasteiger partial charge in [-0.1, -0.05) is 55.0 Å². The molecule has 1 N–H and O–H groups in total. The number of amides is 1. The number of carbonyl (C=O) groups excluding carboxylic acids is 2. The maximum atomic E-state index is 13.2. The van der Waals surface area contributed by atoms with E-state index in [1.807, 2.05) is 48.5 Å². The Bertz CT molecular complexity index is 1230. The quantitative estimate of drug-likeness (QED) is 0.227. The fraction of sp³-hybridized carbons (Fsp3) is 0.355. The molecule has 1 amide bonds. The number of rotatable bonds is 10. The summed E-state index contributed by atoms with van der Waals surface area (Å²) < 4.78 is 10.9. The molecule has 3 aromatic rings. The van der Waals surface area contributed by atoms with Crippen LogP contribution in [0, 0.1) is 0 Å². The molecule has 194 valence electrons. The molecule has 1 heterocycles. The van der Waals surface area contributed by atoms with Gasteiger partial charge in [0.25, 0.3) is 5.91 Å². The van der Waals surface area contributed by atoms with Crippen molar-refractivity contribution >= 4 is 28.7 Å². The number of nitrogens with zero attached hydrogens (tertiary/aromatic N) is 1. The highest BCUT2D eigenvalue weighted by Crippen LogP contribution is 2.26. The number of fused-ring (bicyclic) bond motifs is 1. The fourth-order valence-electron chi connectivity index (χ4n) is 4.77. The van der Waals surface area contributed by atoms with E-state index in [0.717, 1.165) is 41.6 Å². The summed E-state index contributed by atoms with van der Waals surface area (Å²) >= 11 is 0. The van der Waals surface area contributed by atoms with Gasteiger partial charge in [0.15, 0.2) is 0 Å². The van der Waals surface area contributed by atoms with E-state index in [2.05, 4.69) is 17.1 Å². The van der Waals surface area contributed by atoms with Crippen molar-refractivity contribution < 1.29 is 19.1 Å². The van der Waals surface area contributed by atoms with Crippen molar-refractivity contribution in [1.82, 2.24) is 10.2 Å². The zero-order chi connectivity index (χ0) is 26.0. The van der Waals surface area contributed by atoms with Crippen molar-refractivity contribution in [2.75, 3.05) is 33.4 Å². The number of hydrogen-bond donors (Lipinski definition) is 1. The third-order valence-electron chi connectivity index (χ3n) is 6.95. The maximum Gasteiger partial charge on any atom is 0.337 e. The first-order valence-corrected chi connectivity index (χ1v) is 13.1. The second-order valence-corrected chi connectivity index (χ2v) is 9.54. The van der Waals surface area contributed by atoms with E-state index in [-0.39, 0.29) is 12.5 Å². The van der Waals surface area contributed by atoms with Gasteiger partial charge >= 0.3 is 5.97 Å². The Morgan fingerprint density at radius 3 is 2.59 bits per heavy atom. The molecule has 0 aliphatic carbocycles. The number of methoxy groups -OCH3 is 1. The van der Waals surface area contributed by atoms with Crippen LogP contribution in [0.5, 0.6) is 5.75 Å². The third kappa shape index (κ3) is 7.20. The average molecular weight is 501 g/mol. The SMILES string of the molecule is COC(=O)c1ccc(/C=C(\COc2cccc3ccccc23)C(=O)NCCCN2CCCCC2C)cc1. The van der Waals surface area contributed by atoms with E-state index in [1.54, 1.807) is 24.3 Å². The largest absolute Gasteiger partial charge is 0.488 e. The van der Waals surface area contributed by atoms with Gasteiger partial charge in [-0.05, 0) is 68.0 Å². The molecule has 1 unspecified atom stereocenters. The van der Waals surface area contributed by atoms with Gasteiger partial charge in [0, 0.05) is 24.5 Å². The van der Waals surface area contributed by atoms with Crippen molar-refractivity contribution in [3.8, 4) is 5.75 Å². The Labute approximate surface area is 219 Å². The molecule has 1 saturated heterocycles. The van der Waals surface area contributed by atoms with E-state index in [0.29, 0.717) is 23.7 Å². The molecule has 0 bridgehead atoms. The second kappa shape index (κ2) is 13.1. The van der Waals surface area contributed by atoms with E-state index in [1.165, 1.54) is 26.4 Å². The van der Waals surface area contributed by atoms with Gasteiger partial charge in [-0.25, -0.2) is 4.79 Å². The lowest BCUT2D eigenvalue weighted by Crippen LogP contribution is -2.39. The monoisotopic (exact) mass is 500 g/mol. The summed E-state index contributed by atoms with van der Waals surface area (Å²) in [5.41, 5.74) is 1.79. The Morgan fingerprint density at radius 1 is 1.03 bits per heavy atom. The minimum atomic E-state index is -0.393. The fourth-order valence-corrected chi connectivity index (χ4v) is 4.77. The van der Waals surface area contributed by atoms with Crippen LogP contribution >= 0.6 is 0 Å². The van der Waals surface area contributed by atoms with Gasteiger partial charge < -0.3 is 19.7 Å². The summed E-state index contributed by atoms with van der Waals surface area (Å²) in [5.74, 6) is 0.191. The summed E-state index contributed by atoms with van der Waals surface area (Å²) in [6, 6.07) is 21.5. The lowest BCUT2D eigenvalue weighted by Gasteiger charge is -2.33. The van der Waals surface area contributed by atoms with Crippen LogP contribution in [-0.4, -0.2) is 56.2 Å². The van der Waals surface area contributed by atoms with E-state index < -0.39 is 5.97 Å². The molecule has 0 spiro atoms. The number of piperidine rings is 1. The van der Waals surface area contributed by atoms with E-state index in [4.69, 9.17) is 9.47 Å². The van der Waals surface area contributed by atoms with Crippen molar-refractivity contribution in [2.45, 2.75) is 38.6 Å². The number of nitrogens with one attached hydrogen (secondary N) is 1. The molecule has 1 atom stereocenters. The number of hydrogen-bond acceptors (Lipinski definition) is 5. The van der Waals surface area contributed by atoms with Crippen LogP contribution in [0.25, 0.3) is 16.8 Å². The lowest BCUT2D eigenvalue weighted by atomic mass is 10.0. The molecule has 0 saturated carbocycles. The van der Waals surface area contributed by atoms with Crippen LogP contribution in [0.1, 0.15) is 48.5 Å². The maximum absolute atomic E-state index is 13.2. The number of benzene rings is 3. The molecule has 6 nitrogen and oxygen atoms in total. The van der Waals surface area contributed by atoms with Gasteiger partial charge in [-0.15, -0.1) is 0 Å². The number of esters is 1. The van der Waals surface area contributed by atoms with Crippen molar-refractivity contribution in [3.05, 3.63) is 83.4 Å². The van der Waals surface area contributed by atoms with Crippen LogP contribution in [0.3, 0.4) is 0 Å². The Hall–Kier alpha value is -3.64. The summed E-state index contributed by atoms with van der Waals surface area (Å²) in [7, 11) is 1.36. The molecular formula is C31H36N2O4. The Morgan fingerprint density at radius 2 is 1.81 bits per heavy atom. The van der Waals surface area contributed by atoms with Crippen molar-refractivity contribution in [2.24, 2.45) is 0 Å². The molecule has 3 aromatic carbocycles. The highest BCUT2D eigenvalue weighted by Gasteiger charge is 2.18. The Balaban J connectivity index is 1.45. The summed E-state index contributed by atoms with van der Waals surface area (Å²) in [6.07, 6.45) is 6.53. The summed E-state index contributed by atoms with van der Waals surface area (Å²) in [4.78, 5) is 27.5. The zero-order valence-electron chi connectivity index (χ0n) is 21.7. The first kappa shape index (κ1) is 26.4. The zero-order valence-corrected chi connectivity index (χ0v) is 21.7. The third-order valence-corrected chi connectivity index (χ3v) is 6.95. The first-order chi connectivity index (χ1) is 18.0. The summed E-state index contributed by atoms with van der Waals surface area (Å²) in [6.45, 7) is 5.15. The second-order valence-electron chi connectivity index (χ2n) is 9.54. The van der Waals surface area contributed by atoms with Gasteiger partial charge in [0.1, 0.15) is 12.4 Å². The van der Waals surface area contributed by atoms with Gasteiger partial charge in [0.05, 0.1) is 18.2 Å². The first-order valence-electron chi connectivity index (χ1n) is 13.1. The highest BCUT2D eigenvalue weighted by molar-refractivity contribution is 5.98. The van der Waals surface area contributed by atoms with Crippen LogP contribution in [0.4, 0.5) is 0 Å². The smallest absolute Gasteiger partial charge is 0.337 e. The Kier molecular flexibility index (Phi) is 9.33. The van der Waals surface area contributed by atoms with Crippen LogP contribution in [-0.2, 0) is 9.53 Å². The minimum absolute atomic E-state index is 0.127. The van der Waals surface area contributed by atoms with Gasteiger partial charge in [-0.3, -0.25) is 4.79 Å². The molecule has 0 aromatic heterocycles. The minimum Gasteiger partial charge on any atom is -0.488 e. The van der Waals surface area contributed by atoms with Crippen molar-refractivity contribution in [3.63, 3.8) is 0 Å². The number of likely N-dealkylation sites (tertiary alicyclic amines) is 1. The van der Waals surface area contributed by atoms with Crippen molar-refractivity contribution in [1.29, 1.82) is 0 Å². The number of ether oxygens (including phenoxy) is 2. The lowest BCUT2D eigenvalue weighted by molar-refractivity contribution is -0.117. The molecule has 37 heavy (non-hydrogen) atoms. The molecule has 1 aliphatic heterocycles. The standard InChI is InChI=1S/C31H36N2O4/c1-23-9-5-6-19-33(23)20-8-18-32-30(34)27(21-24-14-16-26(17-15-24)31(35)36-2)22-37-29-13-7-11-25-10-3-4-12-28(25)29/h3-4,7,10-17,21,23H,5-6,8-9,18-20,22H2,1-2H3,(H,32,34)/b27-21+. The predicted octanol–water partition coefficient (Wildman–Crippen LogP) is 5.47. The normalized spacial score (nSPS) is 16.4. The van der Waals surface area contributed by atoms with Crippen LogP contribution in [0.2, 0.25) is 0 Å². The van der Waals surface area contributed by atoms with E-state index in [9.17, 15) is 9.59 Å². The molecule has 4 rings (SSSR count). The summed E-state index contributed by atoms with van der Waals surface area (Å²) in [5, 5.41) is 5.17. The van der Waals surface area contributed by atoms with E-state index >= 15 is 0 Å². The molecule has 1 aliphatic rings. The van der Waals surface area contributed by atoms with Gasteiger partial charge in [0.2, 0.25) is 0 Å². The average Bonchev–Trinajstić information content (AvgIpc) is 2.94. The van der Waals surface area contributed by atoms with Crippen LogP contribution in [0.15, 0.2) is 72.3 Å². The topological polar surface area (TPSA) is 67.9 Å². The van der Waals surface area contributed by atoms with Gasteiger partial charge in [-0.2, -0.15) is 0 Å². The molecule has 6 heteroatoms. The molecule has 0 radical (unpaired) electrons. The highest BCUT2D eigenvalue weighted by atomic mass is 16.5. The predicted molar refractivity (Wildman–Crippen MR) is 148 cm³/mol. The number of carbonyl (C=O) groups is 2. The van der Waals surface area contributed by atoms with Crippen LogP contribution < -0.4 is 10.1 Å². The molecule has 1 fully saturated rings.